The van der Waals surface area contributed by atoms with E-state index < -0.39 is 0 Å². The van der Waals surface area contributed by atoms with Crippen molar-refractivity contribution in [2.24, 2.45) is 5.41 Å². The largest absolute Gasteiger partial charge is 0.396 e. The van der Waals surface area contributed by atoms with Gasteiger partial charge < -0.3 is 15.4 Å². The molecule has 1 aliphatic rings. The van der Waals surface area contributed by atoms with Crippen LogP contribution in [0.2, 0.25) is 0 Å². The van der Waals surface area contributed by atoms with E-state index in [0.717, 1.165) is 25.9 Å². The number of aromatic nitrogens is 1. The summed E-state index contributed by atoms with van der Waals surface area (Å²) in [5.41, 5.74) is 2.63. The molecule has 2 aromatic rings. The van der Waals surface area contributed by atoms with Crippen molar-refractivity contribution in [2.45, 2.75) is 32.2 Å². The zero-order valence-corrected chi connectivity index (χ0v) is 11.3. The van der Waals surface area contributed by atoms with Crippen LogP contribution in [0.1, 0.15) is 31.2 Å². The van der Waals surface area contributed by atoms with Crippen molar-refractivity contribution in [1.29, 1.82) is 0 Å². The normalized spacial score (nSPS) is 18.2. The van der Waals surface area contributed by atoms with Gasteiger partial charge in [-0.15, -0.1) is 0 Å². The lowest BCUT2D eigenvalue weighted by molar-refractivity contribution is 0.128. The van der Waals surface area contributed by atoms with Crippen LogP contribution in [0.25, 0.3) is 10.9 Å². The molecule has 3 rings (SSSR count). The number of rotatable bonds is 5. The van der Waals surface area contributed by atoms with E-state index in [0.29, 0.717) is 6.61 Å². The van der Waals surface area contributed by atoms with E-state index in [1.54, 1.807) is 0 Å². The molecule has 19 heavy (non-hydrogen) atoms. The van der Waals surface area contributed by atoms with Crippen molar-refractivity contribution in [2.75, 3.05) is 13.2 Å². The number of aromatic amines is 1. The average molecular weight is 258 g/mol. The highest BCUT2D eigenvalue weighted by molar-refractivity contribution is 5.79. The van der Waals surface area contributed by atoms with Crippen molar-refractivity contribution in [3.63, 3.8) is 0 Å². The maximum atomic E-state index is 9.58. The topological polar surface area (TPSA) is 48.0 Å². The van der Waals surface area contributed by atoms with Crippen LogP contribution in [0.5, 0.6) is 0 Å². The summed E-state index contributed by atoms with van der Waals surface area (Å²) in [4.78, 5) is 3.21. The van der Waals surface area contributed by atoms with Crippen molar-refractivity contribution in [1.82, 2.24) is 10.3 Å². The number of hydrogen-bond donors (Lipinski definition) is 3. The molecule has 0 radical (unpaired) electrons. The number of aliphatic hydroxyl groups excluding tert-OH is 1. The summed E-state index contributed by atoms with van der Waals surface area (Å²) in [5.74, 6) is 0. The van der Waals surface area contributed by atoms with Gasteiger partial charge in [0, 0.05) is 36.8 Å². The molecule has 0 atom stereocenters. The highest BCUT2D eigenvalue weighted by Crippen LogP contribution is 2.36. The minimum Gasteiger partial charge on any atom is -0.396 e. The van der Waals surface area contributed by atoms with Crippen molar-refractivity contribution < 1.29 is 5.11 Å². The van der Waals surface area contributed by atoms with Gasteiger partial charge in [-0.3, -0.25) is 0 Å². The number of fused-ring (bicyclic) bond motifs is 1. The van der Waals surface area contributed by atoms with Crippen LogP contribution < -0.4 is 5.32 Å². The predicted octanol–water partition coefficient (Wildman–Crippen LogP) is 2.81. The standard InChI is InChI=1S/C16H22N2O/c19-12-16(6-1-2-7-16)11-17-10-13-3-4-15-14(9-13)5-8-18-15/h3-5,8-9,17-19H,1-2,6-7,10-12H2. The molecule has 1 aromatic carbocycles. The van der Waals surface area contributed by atoms with E-state index in [-0.39, 0.29) is 5.41 Å². The highest BCUT2D eigenvalue weighted by Gasteiger charge is 2.32. The molecule has 0 saturated heterocycles. The van der Waals surface area contributed by atoms with Crippen LogP contribution in [-0.2, 0) is 6.54 Å². The number of hydrogen-bond acceptors (Lipinski definition) is 2. The van der Waals surface area contributed by atoms with Gasteiger partial charge in [0.25, 0.3) is 0 Å². The first kappa shape index (κ1) is 12.7. The Morgan fingerprint density at radius 3 is 2.84 bits per heavy atom. The number of benzene rings is 1. The summed E-state index contributed by atoms with van der Waals surface area (Å²) in [5, 5.41) is 14.4. The summed E-state index contributed by atoms with van der Waals surface area (Å²) in [7, 11) is 0. The van der Waals surface area contributed by atoms with Crippen LogP contribution in [0.3, 0.4) is 0 Å². The minimum atomic E-state index is 0.137. The van der Waals surface area contributed by atoms with Gasteiger partial charge in [0.1, 0.15) is 0 Å². The first-order valence-corrected chi connectivity index (χ1v) is 7.19. The van der Waals surface area contributed by atoms with Gasteiger partial charge >= 0.3 is 0 Å². The summed E-state index contributed by atoms with van der Waals surface area (Å²) in [6.45, 7) is 2.12. The van der Waals surface area contributed by atoms with E-state index in [9.17, 15) is 5.11 Å². The first-order chi connectivity index (χ1) is 9.31. The van der Waals surface area contributed by atoms with Crippen molar-refractivity contribution >= 4 is 10.9 Å². The fourth-order valence-electron chi connectivity index (χ4n) is 3.20. The maximum Gasteiger partial charge on any atom is 0.0499 e. The van der Waals surface area contributed by atoms with Gasteiger partial charge in [-0.25, -0.2) is 0 Å². The molecule has 0 amide bonds. The molecule has 3 N–H and O–H groups in total. The van der Waals surface area contributed by atoms with Gasteiger partial charge in [-0.2, -0.15) is 0 Å². The summed E-state index contributed by atoms with van der Waals surface area (Å²) < 4.78 is 0. The summed E-state index contributed by atoms with van der Waals surface area (Å²) in [6, 6.07) is 8.61. The molecule has 1 heterocycles. The van der Waals surface area contributed by atoms with E-state index in [1.165, 1.54) is 29.3 Å². The Morgan fingerprint density at radius 1 is 1.21 bits per heavy atom. The molecule has 3 nitrogen and oxygen atoms in total. The summed E-state index contributed by atoms with van der Waals surface area (Å²) in [6.07, 6.45) is 6.82. The summed E-state index contributed by atoms with van der Waals surface area (Å²) >= 11 is 0. The number of aliphatic hydroxyl groups is 1. The Balaban J connectivity index is 1.59. The second kappa shape index (κ2) is 5.35. The smallest absolute Gasteiger partial charge is 0.0499 e. The monoisotopic (exact) mass is 258 g/mol. The van der Waals surface area contributed by atoms with Crippen LogP contribution in [0.4, 0.5) is 0 Å². The van der Waals surface area contributed by atoms with Gasteiger partial charge in [-0.1, -0.05) is 18.9 Å². The lowest BCUT2D eigenvalue weighted by Gasteiger charge is -2.26. The molecular formula is C16H22N2O. The van der Waals surface area contributed by atoms with Gasteiger partial charge in [-0.05, 0) is 42.0 Å². The molecule has 1 aliphatic carbocycles. The quantitative estimate of drug-likeness (QED) is 0.772. The molecular weight excluding hydrogens is 236 g/mol. The fraction of sp³-hybridized carbons (Fsp3) is 0.500. The molecule has 0 aliphatic heterocycles. The van der Waals surface area contributed by atoms with Crippen LogP contribution in [-0.4, -0.2) is 23.2 Å². The molecule has 0 bridgehead atoms. The van der Waals surface area contributed by atoms with Gasteiger partial charge in [0.15, 0.2) is 0 Å². The maximum absolute atomic E-state index is 9.58. The van der Waals surface area contributed by atoms with E-state index in [4.69, 9.17) is 0 Å². The third-order valence-electron chi connectivity index (χ3n) is 4.45. The second-order valence-electron chi connectivity index (χ2n) is 5.87. The third kappa shape index (κ3) is 2.67. The Bertz CT molecular complexity index is 540. The van der Waals surface area contributed by atoms with E-state index in [2.05, 4.69) is 34.6 Å². The molecule has 0 unspecified atom stereocenters. The predicted molar refractivity (Wildman–Crippen MR) is 78.0 cm³/mol. The van der Waals surface area contributed by atoms with E-state index >= 15 is 0 Å². The van der Waals surface area contributed by atoms with Gasteiger partial charge in [0.05, 0.1) is 0 Å². The Kier molecular flexibility index (Phi) is 3.58. The lowest BCUT2D eigenvalue weighted by Crippen LogP contribution is -2.34. The Hall–Kier alpha value is -1.32. The zero-order chi connectivity index (χ0) is 13.1. The van der Waals surface area contributed by atoms with Crippen molar-refractivity contribution in [3.8, 4) is 0 Å². The molecule has 1 fully saturated rings. The minimum absolute atomic E-state index is 0.137. The highest BCUT2D eigenvalue weighted by atomic mass is 16.3. The number of nitrogens with one attached hydrogen (secondary N) is 2. The van der Waals surface area contributed by atoms with Crippen LogP contribution >= 0.6 is 0 Å². The van der Waals surface area contributed by atoms with E-state index in [1.807, 2.05) is 6.20 Å². The van der Waals surface area contributed by atoms with Gasteiger partial charge in [0.2, 0.25) is 0 Å². The first-order valence-electron chi connectivity index (χ1n) is 7.19. The second-order valence-corrected chi connectivity index (χ2v) is 5.87. The Morgan fingerprint density at radius 2 is 2.05 bits per heavy atom. The zero-order valence-electron chi connectivity index (χ0n) is 11.3. The lowest BCUT2D eigenvalue weighted by atomic mass is 9.87. The average Bonchev–Trinajstić information content (AvgIpc) is 3.07. The molecule has 1 aromatic heterocycles. The molecule has 1 saturated carbocycles. The van der Waals surface area contributed by atoms with Crippen LogP contribution in [0.15, 0.2) is 30.5 Å². The van der Waals surface area contributed by atoms with Crippen molar-refractivity contribution in [3.05, 3.63) is 36.0 Å². The molecule has 3 heteroatoms. The fourth-order valence-corrected chi connectivity index (χ4v) is 3.20. The molecule has 0 spiro atoms. The number of H-pyrrole nitrogens is 1. The molecule has 102 valence electrons. The third-order valence-corrected chi connectivity index (χ3v) is 4.45. The van der Waals surface area contributed by atoms with Crippen LogP contribution in [0, 0.1) is 5.41 Å². The Labute approximate surface area is 114 Å². The SMILES string of the molecule is OCC1(CNCc2ccc3[nH]ccc3c2)CCCC1.